The Labute approximate surface area is 130 Å². The van der Waals surface area contributed by atoms with Crippen LogP contribution in [0, 0.1) is 0 Å². The second kappa shape index (κ2) is 7.89. The van der Waals surface area contributed by atoms with Crippen LogP contribution in [0.2, 0.25) is 0 Å². The molecule has 0 aromatic carbocycles. The van der Waals surface area contributed by atoms with Gasteiger partial charge in [-0.3, -0.25) is 14.6 Å². The van der Waals surface area contributed by atoms with Gasteiger partial charge in [0.1, 0.15) is 6.61 Å². The average molecular weight is 305 g/mol. The molecule has 6 heteroatoms. The number of nitrogens with zero attached hydrogens (tertiary/aromatic N) is 2. The molecule has 0 bridgehead atoms. The van der Waals surface area contributed by atoms with E-state index in [4.69, 9.17) is 4.74 Å². The fourth-order valence-corrected chi connectivity index (χ4v) is 2.37. The minimum Gasteiger partial charge on any atom is -0.369 e. The molecule has 2 rings (SSSR count). The second-order valence-electron chi connectivity index (χ2n) is 5.79. The lowest BCUT2D eigenvalue weighted by Crippen LogP contribution is -2.43. The van der Waals surface area contributed by atoms with E-state index in [9.17, 15) is 9.59 Å². The van der Waals surface area contributed by atoms with Crippen LogP contribution in [-0.2, 0) is 20.9 Å². The minimum atomic E-state index is -0.0633. The Hall–Kier alpha value is -1.95. The molecule has 2 heterocycles. The Morgan fingerprint density at radius 1 is 1.45 bits per heavy atom. The highest BCUT2D eigenvalue weighted by Crippen LogP contribution is 2.11. The van der Waals surface area contributed by atoms with Crippen molar-refractivity contribution < 1.29 is 14.3 Å². The SMILES string of the molecule is CC(C)OCC(=O)N(Cc1ccncc1)CC1CCC(=O)N1. The minimum absolute atomic E-state index is 0.0120. The number of carbonyl (C=O) groups excluding carboxylic acids is 2. The Kier molecular flexibility index (Phi) is 5.89. The van der Waals surface area contributed by atoms with E-state index in [1.54, 1.807) is 17.3 Å². The smallest absolute Gasteiger partial charge is 0.248 e. The van der Waals surface area contributed by atoms with E-state index in [0.717, 1.165) is 12.0 Å². The molecule has 22 heavy (non-hydrogen) atoms. The van der Waals surface area contributed by atoms with Gasteiger partial charge in [0, 0.05) is 37.9 Å². The van der Waals surface area contributed by atoms with Crippen LogP contribution in [0.3, 0.4) is 0 Å². The van der Waals surface area contributed by atoms with Gasteiger partial charge in [-0.15, -0.1) is 0 Å². The van der Waals surface area contributed by atoms with Crippen LogP contribution in [0.15, 0.2) is 24.5 Å². The summed E-state index contributed by atoms with van der Waals surface area (Å²) in [5.74, 6) is -0.00796. The molecular weight excluding hydrogens is 282 g/mol. The first-order chi connectivity index (χ1) is 10.5. The normalized spacial score (nSPS) is 17.6. The van der Waals surface area contributed by atoms with Gasteiger partial charge in [0.05, 0.1) is 6.10 Å². The van der Waals surface area contributed by atoms with E-state index in [1.165, 1.54) is 0 Å². The van der Waals surface area contributed by atoms with E-state index in [1.807, 2.05) is 26.0 Å². The fourth-order valence-electron chi connectivity index (χ4n) is 2.37. The van der Waals surface area contributed by atoms with Crippen molar-refractivity contribution in [1.29, 1.82) is 0 Å². The van der Waals surface area contributed by atoms with Crippen molar-refractivity contribution in [2.75, 3.05) is 13.2 Å². The molecule has 1 aliphatic heterocycles. The number of hydrogen-bond acceptors (Lipinski definition) is 4. The number of amides is 2. The van der Waals surface area contributed by atoms with Gasteiger partial charge >= 0.3 is 0 Å². The number of aromatic nitrogens is 1. The van der Waals surface area contributed by atoms with E-state index in [2.05, 4.69) is 10.3 Å². The molecule has 1 N–H and O–H groups in total. The predicted octanol–water partition coefficient (Wildman–Crippen LogP) is 1.11. The van der Waals surface area contributed by atoms with Crippen molar-refractivity contribution in [3.8, 4) is 0 Å². The van der Waals surface area contributed by atoms with Crippen LogP contribution >= 0.6 is 0 Å². The van der Waals surface area contributed by atoms with Gasteiger partial charge in [0.25, 0.3) is 0 Å². The van der Waals surface area contributed by atoms with Crippen molar-refractivity contribution in [2.24, 2.45) is 0 Å². The molecule has 1 unspecified atom stereocenters. The number of pyridine rings is 1. The molecule has 0 spiro atoms. The molecule has 1 saturated heterocycles. The first-order valence-corrected chi connectivity index (χ1v) is 7.62. The molecule has 6 nitrogen and oxygen atoms in total. The topological polar surface area (TPSA) is 71.5 Å². The summed E-state index contributed by atoms with van der Waals surface area (Å²) in [4.78, 5) is 29.5. The van der Waals surface area contributed by atoms with Crippen molar-refractivity contribution in [2.45, 2.75) is 45.4 Å². The Bertz CT molecular complexity index is 505. The summed E-state index contributed by atoms with van der Waals surface area (Å²) in [7, 11) is 0. The van der Waals surface area contributed by atoms with Crippen LogP contribution in [-0.4, -0.2) is 47.0 Å². The molecule has 1 aromatic heterocycles. The van der Waals surface area contributed by atoms with Crippen molar-refractivity contribution >= 4 is 11.8 Å². The predicted molar refractivity (Wildman–Crippen MR) is 81.9 cm³/mol. The highest BCUT2D eigenvalue weighted by molar-refractivity contribution is 5.79. The van der Waals surface area contributed by atoms with Gasteiger partial charge in [-0.2, -0.15) is 0 Å². The molecule has 0 radical (unpaired) electrons. The summed E-state index contributed by atoms with van der Waals surface area (Å²) in [5.41, 5.74) is 1.01. The first kappa shape index (κ1) is 16.4. The number of nitrogens with one attached hydrogen (secondary N) is 1. The van der Waals surface area contributed by atoms with Crippen molar-refractivity contribution in [3.05, 3.63) is 30.1 Å². The molecule has 1 atom stereocenters. The van der Waals surface area contributed by atoms with Crippen LogP contribution in [0.5, 0.6) is 0 Å². The summed E-state index contributed by atoms with van der Waals surface area (Å²) in [6.07, 6.45) is 4.73. The maximum Gasteiger partial charge on any atom is 0.248 e. The lowest BCUT2D eigenvalue weighted by molar-refractivity contribution is -0.138. The summed E-state index contributed by atoms with van der Waals surface area (Å²) in [6.45, 7) is 4.86. The van der Waals surface area contributed by atoms with Crippen LogP contribution in [0.25, 0.3) is 0 Å². The second-order valence-corrected chi connectivity index (χ2v) is 5.79. The Morgan fingerprint density at radius 3 is 2.77 bits per heavy atom. The van der Waals surface area contributed by atoms with Crippen molar-refractivity contribution in [1.82, 2.24) is 15.2 Å². The van der Waals surface area contributed by atoms with E-state index in [-0.39, 0.29) is 30.6 Å². The van der Waals surface area contributed by atoms with Crippen LogP contribution in [0.4, 0.5) is 0 Å². The van der Waals surface area contributed by atoms with Gasteiger partial charge < -0.3 is 15.0 Å². The summed E-state index contributed by atoms with van der Waals surface area (Å²) < 4.78 is 5.42. The zero-order chi connectivity index (χ0) is 15.9. The van der Waals surface area contributed by atoms with Gasteiger partial charge in [-0.05, 0) is 38.0 Å². The van der Waals surface area contributed by atoms with Gasteiger partial charge in [0.2, 0.25) is 11.8 Å². The third-order valence-corrected chi connectivity index (χ3v) is 3.54. The Balaban J connectivity index is 1.99. The van der Waals surface area contributed by atoms with Crippen molar-refractivity contribution in [3.63, 3.8) is 0 Å². The molecule has 2 amide bonds. The maximum absolute atomic E-state index is 12.4. The lowest BCUT2D eigenvalue weighted by Gasteiger charge is -2.26. The molecule has 0 saturated carbocycles. The Morgan fingerprint density at radius 2 is 2.18 bits per heavy atom. The largest absolute Gasteiger partial charge is 0.369 e. The number of ether oxygens (including phenoxy) is 1. The highest BCUT2D eigenvalue weighted by Gasteiger charge is 2.25. The van der Waals surface area contributed by atoms with Crippen LogP contribution < -0.4 is 5.32 Å². The third kappa shape index (κ3) is 5.11. The fraction of sp³-hybridized carbons (Fsp3) is 0.562. The molecule has 1 aromatic rings. The number of hydrogen-bond donors (Lipinski definition) is 1. The molecule has 1 fully saturated rings. The van der Waals surface area contributed by atoms with Gasteiger partial charge in [-0.25, -0.2) is 0 Å². The molecule has 120 valence electrons. The summed E-state index contributed by atoms with van der Waals surface area (Å²) in [6, 6.07) is 3.80. The standard InChI is InChI=1S/C16H23N3O3/c1-12(2)22-11-16(21)19(9-13-5-7-17-8-6-13)10-14-3-4-15(20)18-14/h5-8,12,14H,3-4,9-11H2,1-2H3,(H,18,20). The zero-order valence-electron chi connectivity index (χ0n) is 13.1. The average Bonchev–Trinajstić information content (AvgIpc) is 2.90. The third-order valence-electron chi connectivity index (χ3n) is 3.54. The van der Waals surface area contributed by atoms with E-state index >= 15 is 0 Å². The monoisotopic (exact) mass is 305 g/mol. The number of carbonyl (C=O) groups is 2. The van der Waals surface area contributed by atoms with Crippen LogP contribution in [0.1, 0.15) is 32.3 Å². The van der Waals surface area contributed by atoms with Gasteiger partial charge in [0.15, 0.2) is 0 Å². The first-order valence-electron chi connectivity index (χ1n) is 7.62. The zero-order valence-corrected chi connectivity index (χ0v) is 13.1. The van der Waals surface area contributed by atoms with Gasteiger partial charge in [-0.1, -0.05) is 0 Å². The lowest BCUT2D eigenvalue weighted by atomic mass is 10.2. The van der Waals surface area contributed by atoms with E-state index in [0.29, 0.717) is 19.5 Å². The summed E-state index contributed by atoms with van der Waals surface area (Å²) in [5, 5.41) is 2.90. The molecule has 0 aliphatic carbocycles. The summed E-state index contributed by atoms with van der Waals surface area (Å²) >= 11 is 0. The molecule has 1 aliphatic rings. The quantitative estimate of drug-likeness (QED) is 0.819. The van der Waals surface area contributed by atoms with E-state index < -0.39 is 0 Å². The molecular formula is C16H23N3O3. The number of rotatable bonds is 7. The maximum atomic E-state index is 12.4. The highest BCUT2D eigenvalue weighted by atomic mass is 16.5.